The Labute approximate surface area is 100 Å². The average molecular weight is 272 g/mol. The summed E-state index contributed by atoms with van der Waals surface area (Å²) in [6.07, 6.45) is 7.73. The first kappa shape index (κ1) is 17.9. The Morgan fingerprint density at radius 2 is 1.82 bits per heavy atom. The third-order valence-electron chi connectivity index (χ3n) is 1.54. The van der Waals surface area contributed by atoms with E-state index < -0.39 is 0 Å². The van der Waals surface area contributed by atoms with Crippen LogP contribution in [0, 0.1) is 5.92 Å². The Kier molecular flexibility index (Phi) is 14.7. The molecule has 0 nitrogen and oxygen atoms in total. The van der Waals surface area contributed by atoms with Gasteiger partial charge in [0.15, 0.2) is 0 Å². The monoisotopic (exact) mass is 270 g/mol. The molecule has 0 atom stereocenters. The Hall–Kier alpha value is 0.943. The largest absolute Gasteiger partial charge is 0.147 e. The van der Waals surface area contributed by atoms with E-state index in [0.29, 0.717) is 0 Å². The minimum atomic E-state index is 0. The number of hydrogen-bond acceptors (Lipinski definition) is 0. The molecule has 0 amide bonds. The van der Waals surface area contributed by atoms with Crippen molar-refractivity contribution in [3.63, 3.8) is 0 Å². The van der Waals surface area contributed by atoms with Crippen LogP contribution in [0.2, 0.25) is 0 Å². The van der Waals surface area contributed by atoms with Crippen molar-refractivity contribution in [2.45, 2.75) is 20.3 Å². The third-order valence-corrected chi connectivity index (χ3v) is 1.54. The minimum absolute atomic E-state index is 0. The van der Waals surface area contributed by atoms with E-state index in [9.17, 15) is 0 Å². The quantitative estimate of drug-likeness (QED) is 0.686. The van der Waals surface area contributed by atoms with Gasteiger partial charge in [-0.15, -0.1) is 24.8 Å². The Morgan fingerprint density at radius 1 is 1.27 bits per heavy atom. The maximum atomic E-state index is 2.23. The Balaban J connectivity index is -0.000000213. The molecule has 0 aromatic heterocycles. The van der Waals surface area contributed by atoms with Gasteiger partial charge in [-0.1, -0.05) is 37.6 Å². The van der Waals surface area contributed by atoms with Crippen LogP contribution < -0.4 is 0 Å². The second-order valence-corrected chi connectivity index (χ2v) is 2.53. The summed E-state index contributed by atoms with van der Waals surface area (Å²) in [6.45, 7) is 4.47. The first-order valence-corrected chi connectivity index (χ1v) is 3.16. The smallest absolute Gasteiger partial charge is 0 e. The molecular formula is C8H14Cl2Zr. The Bertz CT molecular complexity index is 139. The molecule has 64 valence electrons. The molecule has 0 bridgehead atoms. The Morgan fingerprint density at radius 3 is 2.00 bits per heavy atom. The van der Waals surface area contributed by atoms with Crippen molar-refractivity contribution in [2.24, 2.45) is 5.92 Å². The van der Waals surface area contributed by atoms with Gasteiger partial charge in [-0.25, -0.2) is 0 Å². The summed E-state index contributed by atoms with van der Waals surface area (Å²) in [4.78, 5) is 0. The number of rotatable bonds is 1. The zero-order chi connectivity index (χ0) is 5.98. The molecule has 0 aromatic rings. The maximum absolute atomic E-state index is 2.23. The van der Waals surface area contributed by atoms with Crippen LogP contribution in [0.15, 0.2) is 23.8 Å². The topological polar surface area (TPSA) is 0 Å². The molecule has 0 radical (unpaired) electrons. The van der Waals surface area contributed by atoms with Gasteiger partial charge in [-0.05, 0) is 12.3 Å². The van der Waals surface area contributed by atoms with Gasteiger partial charge in [-0.3, -0.25) is 0 Å². The van der Waals surface area contributed by atoms with Crippen molar-refractivity contribution in [3.05, 3.63) is 23.8 Å². The maximum Gasteiger partial charge on any atom is 0 e. The van der Waals surface area contributed by atoms with Crippen LogP contribution in [-0.2, 0) is 26.2 Å². The van der Waals surface area contributed by atoms with Crippen molar-refractivity contribution >= 4 is 24.8 Å². The van der Waals surface area contributed by atoms with Crippen LogP contribution in [0.4, 0.5) is 0 Å². The molecule has 0 aliphatic heterocycles. The van der Waals surface area contributed by atoms with Gasteiger partial charge >= 0.3 is 0 Å². The third kappa shape index (κ3) is 6.14. The summed E-state index contributed by atoms with van der Waals surface area (Å²) >= 11 is 0. The fourth-order valence-electron chi connectivity index (χ4n) is 0.892. The molecule has 0 heterocycles. The van der Waals surface area contributed by atoms with Crippen molar-refractivity contribution in [2.75, 3.05) is 0 Å². The summed E-state index contributed by atoms with van der Waals surface area (Å²) in [6, 6.07) is 0. The molecule has 0 fully saturated rings. The van der Waals surface area contributed by atoms with Gasteiger partial charge in [0, 0.05) is 26.2 Å². The van der Waals surface area contributed by atoms with E-state index >= 15 is 0 Å². The van der Waals surface area contributed by atoms with Gasteiger partial charge in [0.2, 0.25) is 0 Å². The van der Waals surface area contributed by atoms with Gasteiger partial charge in [-0.2, -0.15) is 0 Å². The van der Waals surface area contributed by atoms with E-state index in [1.54, 1.807) is 5.57 Å². The van der Waals surface area contributed by atoms with E-state index in [0.717, 1.165) is 5.92 Å². The second kappa shape index (κ2) is 9.03. The molecule has 1 rings (SSSR count). The van der Waals surface area contributed by atoms with Crippen molar-refractivity contribution in [3.8, 4) is 0 Å². The predicted molar refractivity (Wildman–Crippen MR) is 51.2 cm³/mol. The summed E-state index contributed by atoms with van der Waals surface area (Å²) in [5.74, 6) is 0.741. The number of halogens is 2. The van der Waals surface area contributed by atoms with Crippen LogP contribution in [0.5, 0.6) is 0 Å². The molecule has 1 aliphatic carbocycles. The molecule has 1 aliphatic rings. The summed E-state index contributed by atoms with van der Waals surface area (Å²) in [7, 11) is 0. The number of allylic oxidation sites excluding steroid dienone is 4. The van der Waals surface area contributed by atoms with Crippen LogP contribution in [0.1, 0.15) is 20.3 Å². The van der Waals surface area contributed by atoms with Crippen LogP contribution in [-0.4, -0.2) is 0 Å². The standard InChI is InChI=1S/C8H12.2ClH.Zr/c1-7(2)8-5-3-4-6-8;;;/h3-5,7H,6H2,1-2H3;2*1H;. The second-order valence-electron chi connectivity index (χ2n) is 2.53. The van der Waals surface area contributed by atoms with Crippen LogP contribution in [0.25, 0.3) is 0 Å². The molecule has 0 N–H and O–H groups in total. The molecule has 0 saturated heterocycles. The molecule has 11 heavy (non-hydrogen) atoms. The van der Waals surface area contributed by atoms with E-state index in [-0.39, 0.29) is 51.0 Å². The number of hydrogen-bond donors (Lipinski definition) is 0. The zero-order valence-electron chi connectivity index (χ0n) is 6.83. The van der Waals surface area contributed by atoms with Crippen molar-refractivity contribution in [1.29, 1.82) is 0 Å². The summed E-state index contributed by atoms with van der Waals surface area (Å²) in [5, 5.41) is 0. The summed E-state index contributed by atoms with van der Waals surface area (Å²) < 4.78 is 0. The van der Waals surface area contributed by atoms with Crippen molar-refractivity contribution in [1.82, 2.24) is 0 Å². The average Bonchev–Trinajstić information content (AvgIpc) is 2.12. The SMILES string of the molecule is CC(C)C1=CC=CC1.Cl.Cl.[Zr]. The molecule has 0 unspecified atom stereocenters. The minimum Gasteiger partial charge on any atom is -0.147 e. The predicted octanol–water partition coefficient (Wildman–Crippen LogP) is 3.37. The summed E-state index contributed by atoms with van der Waals surface area (Å²) in [5.41, 5.74) is 1.56. The van der Waals surface area contributed by atoms with Crippen molar-refractivity contribution < 1.29 is 26.2 Å². The van der Waals surface area contributed by atoms with Crippen LogP contribution >= 0.6 is 24.8 Å². The van der Waals surface area contributed by atoms with Gasteiger partial charge < -0.3 is 0 Å². The van der Waals surface area contributed by atoms with Gasteiger partial charge in [0.25, 0.3) is 0 Å². The first-order chi connectivity index (χ1) is 3.80. The van der Waals surface area contributed by atoms with Gasteiger partial charge in [0.05, 0.1) is 0 Å². The zero-order valence-corrected chi connectivity index (χ0v) is 10.9. The van der Waals surface area contributed by atoms with E-state index in [1.165, 1.54) is 6.42 Å². The molecule has 0 saturated carbocycles. The fourth-order valence-corrected chi connectivity index (χ4v) is 0.892. The fraction of sp³-hybridized carbons (Fsp3) is 0.500. The first-order valence-electron chi connectivity index (χ1n) is 3.16. The molecular weight excluding hydrogens is 258 g/mol. The van der Waals surface area contributed by atoms with E-state index in [1.807, 2.05) is 0 Å². The van der Waals surface area contributed by atoms with E-state index in [4.69, 9.17) is 0 Å². The molecule has 0 aromatic carbocycles. The van der Waals surface area contributed by atoms with Gasteiger partial charge in [0.1, 0.15) is 0 Å². The van der Waals surface area contributed by atoms with Crippen LogP contribution in [0.3, 0.4) is 0 Å². The van der Waals surface area contributed by atoms with E-state index in [2.05, 4.69) is 32.1 Å². The molecule has 0 spiro atoms. The molecule has 3 heteroatoms. The normalized spacial score (nSPS) is 12.8.